The molecule has 5 heteroatoms. The fourth-order valence-electron chi connectivity index (χ4n) is 1.57. The first-order valence-corrected chi connectivity index (χ1v) is 6.31. The standard InChI is InChI=1S/C12H15BrN4/c1-4-5-17-10(6-12(2,3)8-15)11(13)9(7-14)16-17/h4-6H2,1-3H3. The third kappa shape index (κ3) is 3.08. The summed E-state index contributed by atoms with van der Waals surface area (Å²) in [7, 11) is 0. The second-order valence-electron chi connectivity index (χ2n) is 4.62. The average molecular weight is 295 g/mol. The minimum Gasteiger partial charge on any atom is -0.267 e. The van der Waals surface area contributed by atoms with E-state index < -0.39 is 5.41 Å². The van der Waals surface area contributed by atoms with Crippen LogP contribution in [0.3, 0.4) is 0 Å². The fourth-order valence-corrected chi connectivity index (χ4v) is 2.08. The number of hydrogen-bond donors (Lipinski definition) is 0. The third-order valence-corrected chi connectivity index (χ3v) is 3.28. The maximum Gasteiger partial charge on any atom is 0.176 e. The Morgan fingerprint density at radius 3 is 2.53 bits per heavy atom. The summed E-state index contributed by atoms with van der Waals surface area (Å²) in [4.78, 5) is 0. The summed E-state index contributed by atoms with van der Waals surface area (Å²) in [5.74, 6) is 0. The Labute approximate surface area is 110 Å². The van der Waals surface area contributed by atoms with Crippen LogP contribution in [0.25, 0.3) is 0 Å². The van der Waals surface area contributed by atoms with Crippen LogP contribution in [-0.4, -0.2) is 9.78 Å². The van der Waals surface area contributed by atoms with Crippen LogP contribution in [-0.2, 0) is 13.0 Å². The normalized spacial score (nSPS) is 10.9. The lowest BCUT2D eigenvalue weighted by atomic mass is 9.89. The molecule has 1 heterocycles. The maximum absolute atomic E-state index is 9.07. The molecule has 0 radical (unpaired) electrons. The number of aromatic nitrogens is 2. The molecule has 1 aromatic heterocycles. The van der Waals surface area contributed by atoms with Gasteiger partial charge in [-0.15, -0.1) is 0 Å². The summed E-state index contributed by atoms with van der Waals surface area (Å²) in [6.07, 6.45) is 1.53. The van der Waals surface area contributed by atoms with Gasteiger partial charge in [-0.2, -0.15) is 15.6 Å². The molecular formula is C12H15BrN4. The molecule has 1 aromatic rings. The summed E-state index contributed by atoms with van der Waals surface area (Å²) in [5, 5.41) is 22.3. The van der Waals surface area contributed by atoms with E-state index in [-0.39, 0.29) is 0 Å². The SMILES string of the molecule is CCCn1nc(C#N)c(Br)c1CC(C)(C)C#N. The van der Waals surface area contributed by atoms with E-state index in [2.05, 4.69) is 40.1 Å². The maximum atomic E-state index is 9.07. The van der Waals surface area contributed by atoms with Crippen molar-refractivity contribution < 1.29 is 0 Å². The lowest BCUT2D eigenvalue weighted by Crippen LogP contribution is -2.16. The number of halogens is 1. The second-order valence-corrected chi connectivity index (χ2v) is 5.41. The molecule has 0 N–H and O–H groups in total. The van der Waals surface area contributed by atoms with Crippen LogP contribution in [0.1, 0.15) is 38.6 Å². The molecule has 0 saturated carbocycles. The molecular weight excluding hydrogens is 280 g/mol. The van der Waals surface area contributed by atoms with Gasteiger partial charge in [0.25, 0.3) is 0 Å². The largest absolute Gasteiger partial charge is 0.267 e. The quantitative estimate of drug-likeness (QED) is 0.857. The van der Waals surface area contributed by atoms with E-state index in [0.717, 1.165) is 23.1 Å². The number of aryl methyl sites for hydroxylation is 1. The van der Waals surface area contributed by atoms with E-state index >= 15 is 0 Å². The zero-order valence-corrected chi connectivity index (χ0v) is 11.9. The van der Waals surface area contributed by atoms with Crippen LogP contribution in [0.15, 0.2) is 4.47 Å². The minimum absolute atomic E-state index is 0.391. The Hall–Kier alpha value is -1.33. The van der Waals surface area contributed by atoms with Crippen molar-refractivity contribution in [1.29, 1.82) is 10.5 Å². The van der Waals surface area contributed by atoms with Crippen molar-refractivity contribution in [3.8, 4) is 12.1 Å². The van der Waals surface area contributed by atoms with Gasteiger partial charge in [-0.3, -0.25) is 4.68 Å². The van der Waals surface area contributed by atoms with Crippen LogP contribution in [0.2, 0.25) is 0 Å². The van der Waals surface area contributed by atoms with Crippen molar-refractivity contribution in [3.63, 3.8) is 0 Å². The Bertz CT molecular complexity index is 488. The molecule has 0 fully saturated rings. The van der Waals surface area contributed by atoms with Gasteiger partial charge in [0.2, 0.25) is 0 Å². The van der Waals surface area contributed by atoms with Crippen LogP contribution < -0.4 is 0 Å². The molecule has 0 aromatic carbocycles. The van der Waals surface area contributed by atoms with Crippen molar-refractivity contribution in [1.82, 2.24) is 9.78 Å². The van der Waals surface area contributed by atoms with Gasteiger partial charge in [0.1, 0.15) is 6.07 Å². The monoisotopic (exact) mass is 294 g/mol. The van der Waals surface area contributed by atoms with Crippen molar-refractivity contribution in [2.75, 3.05) is 0 Å². The highest BCUT2D eigenvalue weighted by Crippen LogP contribution is 2.28. The predicted octanol–water partition coefficient (Wildman–Crippen LogP) is 3.02. The number of rotatable bonds is 4. The molecule has 4 nitrogen and oxygen atoms in total. The van der Waals surface area contributed by atoms with Crippen molar-refractivity contribution >= 4 is 15.9 Å². The first-order valence-electron chi connectivity index (χ1n) is 5.51. The number of nitrogens with zero attached hydrogens (tertiary/aromatic N) is 4. The lowest BCUT2D eigenvalue weighted by molar-refractivity contribution is 0.456. The molecule has 90 valence electrons. The highest BCUT2D eigenvalue weighted by Gasteiger charge is 2.24. The van der Waals surface area contributed by atoms with E-state index in [9.17, 15) is 0 Å². The Morgan fingerprint density at radius 2 is 2.06 bits per heavy atom. The van der Waals surface area contributed by atoms with Gasteiger partial charge in [0, 0.05) is 13.0 Å². The van der Waals surface area contributed by atoms with Crippen molar-refractivity contribution in [2.45, 2.75) is 40.2 Å². The highest BCUT2D eigenvalue weighted by atomic mass is 79.9. The van der Waals surface area contributed by atoms with Gasteiger partial charge in [-0.25, -0.2) is 0 Å². The van der Waals surface area contributed by atoms with Crippen LogP contribution in [0.4, 0.5) is 0 Å². The molecule has 0 bridgehead atoms. The lowest BCUT2D eigenvalue weighted by Gasteiger charge is -2.16. The Morgan fingerprint density at radius 1 is 1.41 bits per heavy atom. The van der Waals surface area contributed by atoms with Gasteiger partial charge in [-0.05, 0) is 36.2 Å². The van der Waals surface area contributed by atoms with E-state index in [4.69, 9.17) is 10.5 Å². The fraction of sp³-hybridized carbons (Fsp3) is 0.583. The van der Waals surface area contributed by atoms with E-state index in [0.29, 0.717) is 12.1 Å². The third-order valence-electron chi connectivity index (χ3n) is 2.45. The summed E-state index contributed by atoms with van der Waals surface area (Å²) in [6.45, 7) is 6.58. The predicted molar refractivity (Wildman–Crippen MR) is 68.0 cm³/mol. The van der Waals surface area contributed by atoms with Crippen molar-refractivity contribution in [2.24, 2.45) is 5.41 Å². The summed E-state index contributed by atoms with van der Waals surface area (Å²) >= 11 is 3.40. The first kappa shape index (κ1) is 13.7. The van der Waals surface area contributed by atoms with E-state index in [1.165, 1.54) is 0 Å². The van der Waals surface area contributed by atoms with E-state index in [1.54, 1.807) is 0 Å². The first-order chi connectivity index (χ1) is 7.95. The van der Waals surface area contributed by atoms with Crippen LogP contribution in [0, 0.1) is 28.1 Å². The van der Waals surface area contributed by atoms with E-state index in [1.807, 2.05) is 18.5 Å². The second kappa shape index (κ2) is 5.33. The van der Waals surface area contributed by atoms with Gasteiger partial charge >= 0.3 is 0 Å². The van der Waals surface area contributed by atoms with Crippen LogP contribution >= 0.6 is 15.9 Å². The topological polar surface area (TPSA) is 65.4 Å². The molecule has 0 aliphatic heterocycles. The Kier molecular flexibility index (Phi) is 4.31. The highest BCUT2D eigenvalue weighted by molar-refractivity contribution is 9.10. The number of hydrogen-bond acceptors (Lipinski definition) is 3. The molecule has 17 heavy (non-hydrogen) atoms. The van der Waals surface area contributed by atoms with Crippen LogP contribution in [0.5, 0.6) is 0 Å². The summed E-state index contributed by atoms with van der Waals surface area (Å²) in [5.41, 5.74) is 0.859. The average Bonchev–Trinajstić information content (AvgIpc) is 2.57. The molecule has 0 aliphatic carbocycles. The zero-order chi connectivity index (χ0) is 13.1. The molecule has 0 amide bonds. The summed E-state index contributed by atoms with van der Waals surface area (Å²) < 4.78 is 2.54. The van der Waals surface area contributed by atoms with Gasteiger partial charge < -0.3 is 0 Å². The smallest absolute Gasteiger partial charge is 0.176 e. The molecule has 1 rings (SSSR count). The zero-order valence-electron chi connectivity index (χ0n) is 10.3. The van der Waals surface area contributed by atoms with Gasteiger partial charge in [0.15, 0.2) is 5.69 Å². The van der Waals surface area contributed by atoms with Gasteiger partial charge in [-0.1, -0.05) is 6.92 Å². The molecule has 0 spiro atoms. The van der Waals surface area contributed by atoms with Crippen molar-refractivity contribution in [3.05, 3.63) is 15.9 Å². The molecule has 0 atom stereocenters. The number of nitriles is 2. The molecule has 0 aliphatic rings. The molecule has 0 saturated heterocycles. The summed E-state index contributed by atoms with van der Waals surface area (Å²) in [6, 6.07) is 4.33. The van der Waals surface area contributed by atoms with Gasteiger partial charge in [0.05, 0.1) is 21.7 Å². The Balaban J connectivity index is 3.18. The minimum atomic E-state index is -0.458. The molecule has 0 unspecified atom stereocenters.